The SMILES string of the molecule is CCCc1ncc(NCCC(=O)NC2CCCCC2)[nH]1. The first-order valence-corrected chi connectivity index (χ1v) is 7.85. The van der Waals surface area contributed by atoms with Crippen LogP contribution < -0.4 is 10.6 Å². The smallest absolute Gasteiger partial charge is 0.221 e. The number of anilines is 1. The van der Waals surface area contributed by atoms with Crippen LogP contribution in [0.3, 0.4) is 0 Å². The molecule has 1 aromatic heterocycles. The molecule has 0 aliphatic heterocycles. The van der Waals surface area contributed by atoms with E-state index in [1.54, 1.807) is 6.20 Å². The number of aromatic nitrogens is 2. The average Bonchev–Trinajstić information content (AvgIpc) is 2.88. The highest BCUT2D eigenvalue weighted by Crippen LogP contribution is 2.17. The Morgan fingerprint density at radius 2 is 2.20 bits per heavy atom. The average molecular weight is 278 g/mol. The van der Waals surface area contributed by atoms with E-state index in [0.717, 1.165) is 37.3 Å². The van der Waals surface area contributed by atoms with Crippen molar-refractivity contribution >= 4 is 11.7 Å². The molecule has 0 bridgehead atoms. The Hall–Kier alpha value is -1.52. The summed E-state index contributed by atoms with van der Waals surface area (Å²) in [5.74, 6) is 2.05. The first kappa shape index (κ1) is 14.9. The van der Waals surface area contributed by atoms with Gasteiger partial charge in [0.2, 0.25) is 5.91 Å². The fourth-order valence-electron chi connectivity index (χ4n) is 2.67. The molecule has 0 atom stereocenters. The van der Waals surface area contributed by atoms with Crippen LogP contribution >= 0.6 is 0 Å². The molecule has 1 saturated carbocycles. The molecular formula is C15H26N4O. The normalized spacial score (nSPS) is 16.1. The summed E-state index contributed by atoms with van der Waals surface area (Å²) in [7, 11) is 0. The number of aromatic amines is 1. The van der Waals surface area contributed by atoms with E-state index in [1.165, 1.54) is 19.3 Å². The fourth-order valence-corrected chi connectivity index (χ4v) is 2.67. The number of carbonyl (C=O) groups excluding carboxylic acids is 1. The molecule has 0 unspecified atom stereocenters. The molecule has 0 saturated heterocycles. The largest absolute Gasteiger partial charge is 0.370 e. The summed E-state index contributed by atoms with van der Waals surface area (Å²) >= 11 is 0. The summed E-state index contributed by atoms with van der Waals surface area (Å²) in [5.41, 5.74) is 0. The third kappa shape index (κ3) is 4.87. The van der Waals surface area contributed by atoms with Crippen molar-refractivity contribution in [3.05, 3.63) is 12.0 Å². The number of aryl methyl sites for hydroxylation is 1. The van der Waals surface area contributed by atoms with Crippen LogP contribution in [0.15, 0.2) is 6.20 Å². The van der Waals surface area contributed by atoms with Crippen LogP contribution in [0.1, 0.15) is 57.7 Å². The van der Waals surface area contributed by atoms with E-state index < -0.39 is 0 Å². The summed E-state index contributed by atoms with van der Waals surface area (Å²) in [4.78, 5) is 19.3. The summed E-state index contributed by atoms with van der Waals surface area (Å²) in [6, 6.07) is 0.402. The molecule has 1 aliphatic rings. The molecule has 1 amide bonds. The lowest BCUT2D eigenvalue weighted by Crippen LogP contribution is -2.36. The molecule has 2 rings (SSSR count). The highest BCUT2D eigenvalue weighted by Gasteiger charge is 2.15. The van der Waals surface area contributed by atoms with Crippen LogP contribution in [0.25, 0.3) is 0 Å². The third-order valence-electron chi connectivity index (χ3n) is 3.75. The minimum absolute atomic E-state index is 0.151. The lowest BCUT2D eigenvalue weighted by Gasteiger charge is -2.22. The molecule has 112 valence electrons. The van der Waals surface area contributed by atoms with Gasteiger partial charge in [0.1, 0.15) is 11.6 Å². The highest BCUT2D eigenvalue weighted by atomic mass is 16.1. The van der Waals surface area contributed by atoms with Crippen molar-refractivity contribution in [2.24, 2.45) is 0 Å². The van der Waals surface area contributed by atoms with Gasteiger partial charge in [-0.2, -0.15) is 0 Å². The summed E-state index contributed by atoms with van der Waals surface area (Å²) < 4.78 is 0. The second kappa shape index (κ2) is 7.92. The Morgan fingerprint density at radius 3 is 2.95 bits per heavy atom. The van der Waals surface area contributed by atoms with Crippen LogP contribution in [0.5, 0.6) is 0 Å². The monoisotopic (exact) mass is 278 g/mol. The van der Waals surface area contributed by atoms with Gasteiger partial charge >= 0.3 is 0 Å². The number of rotatable bonds is 7. The molecule has 1 aromatic rings. The van der Waals surface area contributed by atoms with E-state index >= 15 is 0 Å². The van der Waals surface area contributed by atoms with Crippen LogP contribution in [-0.4, -0.2) is 28.5 Å². The molecule has 1 fully saturated rings. The van der Waals surface area contributed by atoms with Gasteiger partial charge in [-0.1, -0.05) is 26.2 Å². The summed E-state index contributed by atoms with van der Waals surface area (Å²) in [6.45, 7) is 2.78. The number of imidazole rings is 1. The van der Waals surface area contributed by atoms with Crippen LogP contribution in [0.4, 0.5) is 5.82 Å². The number of carbonyl (C=O) groups is 1. The lowest BCUT2D eigenvalue weighted by molar-refractivity contribution is -0.121. The Labute approximate surface area is 120 Å². The van der Waals surface area contributed by atoms with Crippen LogP contribution in [0, 0.1) is 0 Å². The van der Waals surface area contributed by atoms with Gasteiger partial charge in [0.15, 0.2) is 0 Å². The quantitative estimate of drug-likeness (QED) is 0.718. The Bertz CT molecular complexity index is 410. The molecule has 3 N–H and O–H groups in total. The second-order valence-electron chi connectivity index (χ2n) is 5.57. The number of amides is 1. The van der Waals surface area contributed by atoms with Crippen molar-refractivity contribution in [1.82, 2.24) is 15.3 Å². The van der Waals surface area contributed by atoms with E-state index in [-0.39, 0.29) is 5.91 Å². The standard InChI is InChI=1S/C15H26N4O/c1-2-6-13-17-11-14(19-13)16-10-9-15(20)18-12-7-4-3-5-8-12/h11-12,16H,2-10H2,1H3,(H,17,19)(H,18,20). The number of nitrogens with one attached hydrogen (secondary N) is 3. The number of nitrogens with zero attached hydrogens (tertiary/aromatic N) is 1. The Balaban J connectivity index is 1.62. The Kier molecular flexibility index (Phi) is 5.89. The molecular weight excluding hydrogens is 252 g/mol. The second-order valence-corrected chi connectivity index (χ2v) is 5.57. The molecule has 0 spiro atoms. The molecule has 20 heavy (non-hydrogen) atoms. The van der Waals surface area contributed by atoms with E-state index in [4.69, 9.17) is 0 Å². The molecule has 1 aliphatic carbocycles. The van der Waals surface area contributed by atoms with Crippen molar-refractivity contribution in [2.75, 3.05) is 11.9 Å². The van der Waals surface area contributed by atoms with Gasteiger partial charge in [-0.25, -0.2) is 4.98 Å². The van der Waals surface area contributed by atoms with Gasteiger partial charge in [0.05, 0.1) is 6.20 Å². The van der Waals surface area contributed by atoms with Gasteiger partial charge in [-0.3, -0.25) is 4.79 Å². The van der Waals surface area contributed by atoms with Gasteiger partial charge in [0.25, 0.3) is 0 Å². The zero-order valence-electron chi connectivity index (χ0n) is 12.4. The minimum Gasteiger partial charge on any atom is -0.370 e. The van der Waals surface area contributed by atoms with E-state index in [9.17, 15) is 4.79 Å². The molecule has 5 nitrogen and oxygen atoms in total. The maximum Gasteiger partial charge on any atom is 0.221 e. The van der Waals surface area contributed by atoms with Crippen LogP contribution in [-0.2, 0) is 11.2 Å². The topological polar surface area (TPSA) is 69.8 Å². The van der Waals surface area contributed by atoms with E-state index in [0.29, 0.717) is 19.0 Å². The van der Waals surface area contributed by atoms with E-state index in [1.807, 2.05) is 0 Å². The first-order valence-electron chi connectivity index (χ1n) is 7.85. The lowest BCUT2D eigenvalue weighted by atomic mass is 9.95. The van der Waals surface area contributed by atoms with Gasteiger partial charge < -0.3 is 15.6 Å². The van der Waals surface area contributed by atoms with Crippen LogP contribution in [0.2, 0.25) is 0 Å². The summed E-state index contributed by atoms with van der Waals surface area (Å²) in [6.07, 6.45) is 10.4. The zero-order valence-corrected chi connectivity index (χ0v) is 12.4. The molecule has 1 heterocycles. The van der Waals surface area contributed by atoms with Crippen molar-refractivity contribution in [1.29, 1.82) is 0 Å². The van der Waals surface area contributed by atoms with Gasteiger partial charge in [-0.05, 0) is 19.3 Å². The first-order chi connectivity index (χ1) is 9.78. The van der Waals surface area contributed by atoms with Crippen molar-refractivity contribution < 1.29 is 4.79 Å². The zero-order chi connectivity index (χ0) is 14.2. The van der Waals surface area contributed by atoms with Gasteiger partial charge in [0, 0.05) is 25.4 Å². The predicted molar refractivity (Wildman–Crippen MR) is 80.7 cm³/mol. The fraction of sp³-hybridized carbons (Fsp3) is 0.733. The van der Waals surface area contributed by atoms with Crippen molar-refractivity contribution in [3.63, 3.8) is 0 Å². The predicted octanol–water partition coefficient (Wildman–Crippen LogP) is 2.61. The van der Waals surface area contributed by atoms with Crippen molar-refractivity contribution in [2.45, 2.75) is 64.3 Å². The number of hydrogen-bond donors (Lipinski definition) is 3. The maximum absolute atomic E-state index is 11.8. The van der Waals surface area contributed by atoms with Gasteiger partial charge in [-0.15, -0.1) is 0 Å². The van der Waals surface area contributed by atoms with Crippen molar-refractivity contribution in [3.8, 4) is 0 Å². The molecule has 5 heteroatoms. The Morgan fingerprint density at radius 1 is 1.40 bits per heavy atom. The minimum atomic E-state index is 0.151. The maximum atomic E-state index is 11.8. The highest BCUT2D eigenvalue weighted by molar-refractivity contribution is 5.76. The summed E-state index contributed by atoms with van der Waals surface area (Å²) in [5, 5.41) is 6.34. The number of H-pyrrole nitrogens is 1. The molecule has 0 radical (unpaired) electrons. The van der Waals surface area contributed by atoms with E-state index in [2.05, 4.69) is 27.5 Å². The third-order valence-corrected chi connectivity index (χ3v) is 3.75. The molecule has 0 aromatic carbocycles. The number of hydrogen-bond acceptors (Lipinski definition) is 3.